The van der Waals surface area contributed by atoms with E-state index in [0.717, 1.165) is 5.56 Å². The Balaban J connectivity index is 2.37. The number of methoxy groups -OCH3 is 1. The fraction of sp³-hybridized carbons (Fsp3) is 0.200. The number of alkyl halides is 2. The maximum absolute atomic E-state index is 12.3. The molecule has 0 amide bonds. The minimum Gasteiger partial charge on any atom is -0.496 e. The number of nitrogens with one attached hydrogen (secondary N) is 1. The van der Waals surface area contributed by atoms with Gasteiger partial charge in [0.2, 0.25) is 0 Å². The van der Waals surface area contributed by atoms with Crippen LogP contribution in [0.5, 0.6) is 11.5 Å². The van der Waals surface area contributed by atoms with E-state index in [1.165, 1.54) is 12.1 Å². The van der Waals surface area contributed by atoms with Crippen LogP contribution in [0.4, 0.5) is 8.78 Å². The molecule has 112 valence electrons. The summed E-state index contributed by atoms with van der Waals surface area (Å²) < 4.78 is 34.3. The monoisotopic (exact) mass is 294 g/mol. The quantitative estimate of drug-likeness (QED) is 0.635. The molecular weight excluding hydrogens is 278 g/mol. The molecule has 0 aliphatic rings. The molecule has 1 unspecified atom stereocenters. The molecule has 0 heterocycles. The van der Waals surface area contributed by atoms with Crippen molar-refractivity contribution in [2.45, 2.75) is 12.7 Å². The Bertz CT molecular complexity index is 593. The molecular formula is C15H16F2N2O2. The molecule has 0 bridgehead atoms. The maximum atomic E-state index is 12.3. The van der Waals surface area contributed by atoms with Crippen LogP contribution in [0, 0.1) is 0 Å². The first-order valence-electron chi connectivity index (χ1n) is 6.29. The largest absolute Gasteiger partial charge is 0.496 e. The fourth-order valence-corrected chi connectivity index (χ4v) is 2.14. The summed E-state index contributed by atoms with van der Waals surface area (Å²) in [5, 5.41) is 0. The summed E-state index contributed by atoms with van der Waals surface area (Å²) in [7, 11) is 1.56. The number of hydrogen-bond acceptors (Lipinski definition) is 4. The van der Waals surface area contributed by atoms with Crippen molar-refractivity contribution in [3.8, 4) is 11.5 Å². The third kappa shape index (κ3) is 3.68. The van der Waals surface area contributed by atoms with Crippen molar-refractivity contribution < 1.29 is 18.3 Å². The van der Waals surface area contributed by atoms with Gasteiger partial charge in [-0.1, -0.05) is 30.3 Å². The second-order valence-corrected chi connectivity index (χ2v) is 4.29. The molecule has 21 heavy (non-hydrogen) atoms. The van der Waals surface area contributed by atoms with Gasteiger partial charge in [0, 0.05) is 5.56 Å². The minimum absolute atomic E-state index is 0.0812. The van der Waals surface area contributed by atoms with Crippen LogP contribution in [0.25, 0.3) is 0 Å². The van der Waals surface area contributed by atoms with E-state index in [2.05, 4.69) is 10.2 Å². The zero-order chi connectivity index (χ0) is 15.2. The summed E-state index contributed by atoms with van der Waals surface area (Å²) in [6, 6.07) is 13.3. The average molecular weight is 294 g/mol. The number of hydrazine groups is 1. The van der Waals surface area contributed by atoms with Crippen LogP contribution in [0.15, 0.2) is 48.5 Å². The lowest BCUT2D eigenvalue weighted by molar-refractivity contribution is -0.0498. The van der Waals surface area contributed by atoms with Crippen molar-refractivity contribution in [3.63, 3.8) is 0 Å². The van der Waals surface area contributed by atoms with Gasteiger partial charge in [-0.3, -0.25) is 5.84 Å². The van der Waals surface area contributed by atoms with Gasteiger partial charge in [-0.15, -0.1) is 0 Å². The number of ether oxygens (including phenoxy) is 2. The van der Waals surface area contributed by atoms with Crippen molar-refractivity contribution >= 4 is 0 Å². The van der Waals surface area contributed by atoms with E-state index in [1.807, 2.05) is 18.2 Å². The van der Waals surface area contributed by atoms with Gasteiger partial charge in [0.15, 0.2) is 0 Å². The minimum atomic E-state index is -2.87. The molecule has 0 spiro atoms. The van der Waals surface area contributed by atoms with Crippen LogP contribution < -0.4 is 20.7 Å². The molecule has 6 heteroatoms. The molecule has 2 rings (SSSR count). The Hall–Kier alpha value is -2.18. The summed E-state index contributed by atoms with van der Waals surface area (Å²) in [6.45, 7) is -2.87. The number of nitrogens with two attached hydrogens (primary N) is 1. The van der Waals surface area contributed by atoms with Crippen molar-refractivity contribution in [2.24, 2.45) is 5.84 Å². The Morgan fingerprint density at radius 1 is 1.10 bits per heavy atom. The van der Waals surface area contributed by atoms with Crippen LogP contribution in [0.3, 0.4) is 0 Å². The molecule has 0 aliphatic carbocycles. The van der Waals surface area contributed by atoms with Crippen LogP contribution in [0.1, 0.15) is 17.2 Å². The summed E-state index contributed by atoms with van der Waals surface area (Å²) in [5.41, 5.74) is 4.16. The van der Waals surface area contributed by atoms with Gasteiger partial charge in [0.25, 0.3) is 0 Å². The van der Waals surface area contributed by atoms with E-state index >= 15 is 0 Å². The van der Waals surface area contributed by atoms with Crippen molar-refractivity contribution in [3.05, 3.63) is 59.7 Å². The Morgan fingerprint density at radius 2 is 1.86 bits per heavy atom. The number of benzene rings is 2. The van der Waals surface area contributed by atoms with E-state index in [0.29, 0.717) is 11.3 Å². The number of rotatable bonds is 6. The third-order valence-corrected chi connectivity index (χ3v) is 3.03. The normalized spacial score (nSPS) is 12.2. The first-order chi connectivity index (χ1) is 10.2. The average Bonchev–Trinajstić information content (AvgIpc) is 2.48. The summed E-state index contributed by atoms with van der Waals surface area (Å²) >= 11 is 0. The highest BCUT2D eigenvalue weighted by atomic mass is 19.3. The predicted octanol–water partition coefficient (Wildman–Crippen LogP) is 2.85. The summed E-state index contributed by atoms with van der Waals surface area (Å²) in [4.78, 5) is 0. The smallest absolute Gasteiger partial charge is 0.387 e. The second-order valence-electron chi connectivity index (χ2n) is 4.29. The maximum Gasteiger partial charge on any atom is 0.387 e. The molecule has 3 N–H and O–H groups in total. The first-order valence-corrected chi connectivity index (χ1v) is 6.29. The number of para-hydroxylation sites is 1. The Kier molecular flexibility index (Phi) is 5.08. The van der Waals surface area contributed by atoms with E-state index in [-0.39, 0.29) is 5.75 Å². The molecule has 0 radical (unpaired) electrons. The zero-order valence-electron chi connectivity index (χ0n) is 11.4. The molecule has 0 saturated heterocycles. The standard InChI is InChI=1S/C15H16F2N2O2/c1-20-13-8-3-2-7-12(13)14(19-18)10-5-4-6-11(9-10)21-15(16)17/h2-9,14-15,19H,18H2,1H3. The second kappa shape index (κ2) is 7.01. The van der Waals surface area contributed by atoms with Crippen LogP contribution in [-0.4, -0.2) is 13.7 Å². The van der Waals surface area contributed by atoms with E-state index in [1.54, 1.807) is 25.3 Å². The van der Waals surface area contributed by atoms with Crippen molar-refractivity contribution in [1.29, 1.82) is 0 Å². The highest BCUT2D eigenvalue weighted by molar-refractivity contribution is 5.43. The molecule has 1 atom stereocenters. The summed E-state index contributed by atoms with van der Waals surface area (Å²) in [5.74, 6) is 6.35. The Labute approximate surface area is 121 Å². The van der Waals surface area contributed by atoms with Crippen LogP contribution >= 0.6 is 0 Å². The lowest BCUT2D eigenvalue weighted by Crippen LogP contribution is -2.29. The van der Waals surface area contributed by atoms with Gasteiger partial charge in [0.05, 0.1) is 13.2 Å². The molecule has 2 aromatic rings. The number of hydrogen-bond donors (Lipinski definition) is 2. The van der Waals surface area contributed by atoms with Gasteiger partial charge in [0.1, 0.15) is 11.5 Å². The topological polar surface area (TPSA) is 56.5 Å². The molecule has 0 fully saturated rings. The van der Waals surface area contributed by atoms with E-state index in [4.69, 9.17) is 10.6 Å². The third-order valence-electron chi connectivity index (χ3n) is 3.03. The SMILES string of the molecule is COc1ccccc1C(NN)c1cccc(OC(F)F)c1. The molecule has 2 aromatic carbocycles. The van der Waals surface area contributed by atoms with Gasteiger partial charge in [-0.25, -0.2) is 5.43 Å². The highest BCUT2D eigenvalue weighted by Crippen LogP contribution is 2.31. The fourth-order valence-electron chi connectivity index (χ4n) is 2.14. The lowest BCUT2D eigenvalue weighted by Gasteiger charge is -2.20. The molecule has 0 aliphatic heterocycles. The molecule has 0 saturated carbocycles. The first kappa shape index (κ1) is 15.2. The van der Waals surface area contributed by atoms with Crippen LogP contribution in [0.2, 0.25) is 0 Å². The van der Waals surface area contributed by atoms with Gasteiger partial charge >= 0.3 is 6.61 Å². The zero-order valence-corrected chi connectivity index (χ0v) is 11.4. The molecule has 0 aromatic heterocycles. The van der Waals surface area contributed by atoms with Gasteiger partial charge in [-0.2, -0.15) is 8.78 Å². The highest BCUT2D eigenvalue weighted by Gasteiger charge is 2.17. The van der Waals surface area contributed by atoms with Crippen molar-refractivity contribution in [1.82, 2.24) is 5.43 Å². The predicted molar refractivity (Wildman–Crippen MR) is 75.2 cm³/mol. The van der Waals surface area contributed by atoms with E-state index < -0.39 is 12.7 Å². The van der Waals surface area contributed by atoms with Crippen LogP contribution in [-0.2, 0) is 0 Å². The summed E-state index contributed by atoms with van der Waals surface area (Å²) in [6.07, 6.45) is 0. The van der Waals surface area contributed by atoms with Crippen molar-refractivity contribution in [2.75, 3.05) is 7.11 Å². The van der Waals surface area contributed by atoms with Gasteiger partial charge < -0.3 is 9.47 Å². The van der Waals surface area contributed by atoms with Gasteiger partial charge in [-0.05, 0) is 23.8 Å². The van der Waals surface area contributed by atoms with E-state index in [9.17, 15) is 8.78 Å². The number of halogens is 2. The Morgan fingerprint density at radius 3 is 2.52 bits per heavy atom. The lowest BCUT2D eigenvalue weighted by atomic mass is 9.98. The molecule has 4 nitrogen and oxygen atoms in total.